The fraction of sp³-hybridized carbons (Fsp3) is 0.231. The van der Waals surface area contributed by atoms with Crippen molar-refractivity contribution in [1.82, 2.24) is 5.32 Å². The minimum atomic E-state index is -1.19. The number of hydrogen-bond acceptors (Lipinski definition) is 4. The van der Waals surface area contributed by atoms with Gasteiger partial charge in [0.25, 0.3) is 0 Å². The molecular formula is C13H14ClNO5. The molecule has 1 aromatic carbocycles. The van der Waals surface area contributed by atoms with Crippen LogP contribution in [0.15, 0.2) is 24.3 Å². The third-order valence-electron chi connectivity index (χ3n) is 2.38. The molecule has 1 rings (SSSR count). The maximum absolute atomic E-state index is 11.3. The summed E-state index contributed by atoms with van der Waals surface area (Å²) in [6.07, 6.45) is 1.68. The largest absolute Gasteiger partial charge is 0.493 e. The van der Waals surface area contributed by atoms with E-state index >= 15 is 0 Å². The molecule has 0 aliphatic heterocycles. The fourth-order valence-electron chi connectivity index (χ4n) is 1.42. The number of amides is 1. The number of hydrogen-bond donors (Lipinski definition) is 2. The summed E-state index contributed by atoms with van der Waals surface area (Å²) >= 11 is 6.05. The Labute approximate surface area is 120 Å². The monoisotopic (exact) mass is 299 g/mol. The Bertz CT molecular complexity index is 542. The summed E-state index contributed by atoms with van der Waals surface area (Å²) in [6.45, 7) is 0.141. The SMILES string of the molecule is COc1cc(Cl)c(CNC(=O)/C=C/C(=O)O)cc1OC. The van der Waals surface area contributed by atoms with Gasteiger partial charge in [0.05, 0.1) is 14.2 Å². The minimum absolute atomic E-state index is 0.141. The van der Waals surface area contributed by atoms with Gasteiger partial charge in [0.1, 0.15) is 0 Å². The van der Waals surface area contributed by atoms with E-state index in [2.05, 4.69) is 5.32 Å². The van der Waals surface area contributed by atoms with Crippen LogP contribution < -0.4 is 14.8 Å². The van der Waals surface area contributed by atoms with Crippen LogP contribution in [0.25, 0.3) is 0 Å². The molecule has 0 spiro atoms. The number of carboxylic acids is 1. The van der Waals surface area contributed by atoms with Gasteiger partial charge in [-0.3, -0.25) is 4.79 Å². The van der Waals surface area contributed by atoms with Gasteiger partial charge in [0, 0.05) is 29.8 Å². The number of halogens is 1. The van der Waals surface area contributed by atoms with Crippen molar-refractivity contribution >= 4 is 23.5 Å². The van der Waals surface area contributed by atoms with Gasteiger partial charge in [-0.2, -0.15) is 0 Å². The van der Waals surface area contributed by atoms with Gasteiger partial charge >= 0.3 is 5.97 Å². The minimum Gasteiger partial charge on any atom is -0.493 e. The number of ether oxygens (including phenoxy) is 2. The number of carbonyl (C=O) groups excluding carboxylic acids is 1. The molecule has 7 heteroatoms. The number of rotatable bonds is 6. The molecule has 6 nitrogen and oxygen atoms in total. The molecule has 0 saturated carbocycles. The first-order valence-corrected chi connectivity index (χ1v) is 5.95. The van der Waals surface area contributed by atoms with Gasteiger partial charge in [0.2, 0.25) is 5.91 Å². The van der Waals surface area contributed by atoms with Gasteiger partial charge in [-0.15, -0.1) is 0 Å². The number of aliphatic carboxylic acids is 1. The molecule has 0 unspecified atom stereocenters. The van der Waals surface area contributed by atoms with E-state index in [1.807, 2.05) is 0 Å². The molecular weight excluding hydrogens is 286 g/mol. The van der Waals surface area contributed by atoms with Crippen LogP contribution >= 0.6 is 11.6 Å². The lowest BCUT2D eigenvalue weighted by atomic mass is 10.2. The van der Waals surface area contributed by atoms with E-state index in [1.165, 1.54) is 14.2 Å². The molecule has 0 aliphatic rings. The summed E-state index contributed by atoms with van der Waals surface area (Å²) in [5, 5.41) is 11.3. The zero-order chi connectivity index (χ0) is 15.1. The summed E-state index contributed by atoms with van der Waals surface area (Å²) < 4.78 is 10.2. The van der Waals surface area contributed by atoms with Crippen LogP contribution in [-0.4, -0.2) is 31.2 Å². The van der Waals surface area contributed by atoms with Crippen molar-refractivity contribution in [3.8, 4) is 11.5 Å². The predicted molar refractivity (Wildman–Crippen MR) is 73.2 cm³/mol. The van der Waals surface area contributed by atoms with E-state index < -0.39 is 11.9 Å². The Morgan fingerprint density at radius 3 is 2.40 bits per heavy atom. The predicted octanol–water partition coefficient (Wildman–Crippen LogP) is 1.61. The lowest BCUT2D eigenvalue weighted by Gasteiger charge is -2.11. The Morgan fingerprint density at radius 1 is 1.25 bits per heavy atom. The van der Waals surface area contributed by atoms with Crippen LogP contribution in [-0.2, 0) is 16.1 Å². The first-order valence-electron chi connectivity index (χ1n) is 5.57. The van der Waals surface area contributed by atoms with E-state index in [-0.39, 0.29) is 6.54 Å². The molecule has 0 aliphatic carbocycles. The highest BCUT2D eigenvalue weighted by Gasteiger charge is 2.10. The van der Waals surface area contributed by atoms with Crippen molar-refractivity contribution in [2.75, 3.05) is 14.2 Å². The second-order valence-electron chi connectivity index (χ2n) is 3.69. The normalized spacial score (nSPS) is 10.3. The highest BCUT2D eigenvalue weighted by molar-refractivity contribution is 6.31. The highest BCUT2D eigenvalue weighted by atomic mass is 35.5. The zero-order valence-electron chi connectivity index (χ0n) is 11.0. The van der Waals surface area contributed by atoms with Gasteiger partial charge < -0.3 is 19.9 Å². The summed E-state index contributed by atoms with van der Waals surface area (Å²) in [5.41, 5.74) is 0.626. The van der Waals surface area contributed by atoms with Gasteiger partial charge in [-0.05, 0) is 11.6 Å². The number of methoxy groups -OCH3 is 2. The lowest BCUT2D eigenvalue weighted by Crippen LogP contribution is -2.20. The standard InChI is InChI=1S/C13H14ClNO5/c1-19-10-5-8(9(14)6-11(10)20-2)7-15-12(16)3-4-13(17)18/h3-6H,7H2,1-2H3,(H,15,16)(H,17,18)/b4-3+. The van der Waals surface area contributed by atoms with Crippen molar-refractivity contribution in [2.24, 2.45) is 0 Å². The first kappa shape index (κ1) is 15.8. The lowest BCUT2D eigenvalue weighted by molar-refractivity contribution is -0.131. The Kier molecular flexibility index (Phi) is 5.86. The van der Waals surface area contributed by atoms with Crippen LogP contribution in [0.5, 0.6) is 11.5 Å². The van der Waals surface area contributed by atoms with E-state index in [0.29, 0.717) is 22.1 Å². The van der Waals surface area contributed by atoms with Crippen LogP contribution in [0, 0.1) is 0 Å². The third-order valence-corrected chi connectivity index (χ3v) is 2.73. The van der Waals surface area contributed by atoms with Gasteiger partial charge in [0.15, 0.2) is 11.5 Å². The molecule has 0 atom stereocenters. The maximum atomic E-state index is 11.3. The van der Waals surface area contributed by atoms with Crippen LogP contribution in [0.1, 0.15) is 5.56 Å². The molecule has 0 radical (unpaired) electrons. The van der Waals surface area contributed by atoms with Crippen molar-refractivity contribution in [3.63, 3.8) is 0 Å². The molecule has 108 valence electrons. The van der Waals surface area contributed by atoms with Crippen molar-refractivity contribution in [3.05, 3.63) is 34.9 Å². The third kappa shape index (κ3) is 4.47. The van der Waals surface area contributed by atoms with Crippen molar-refractivity contribution in [1.29, 1.82) is 0 Å². The molecule has 2 N–H and O–H groups in total. The summed E-state index contributed by atoms with van der Waals surface area (Å²) in [5.74, 6) is -0.747. The Balaban J connectivity index is 2.78. The Hall–Kier alpha value is -2.21. The van der Waals surface area contributed by atoms with Crippen LogP contribution in [0.4, 0.5) is 0 Å². The second kappa shape index (κ2) is 7.40. The molecule has 20 heavy (non-hydrogen) atoms. The smallest absolute Gasteiger partial charge is 0.328 e. The molecule has 1 aromatic rings. The molecule has 0 aromatic heterocycles. The zero-order valence-corrected chi connectivity index (χ0v) is 11.7. The van der Waals surface area contributed by atoms with E-state index in [1.54, 1.807) is 12.1 Å². The summed E-state index contributed by atoms with van der Waals surface area (Å²) in [7, 11) is 2.98. The van der Waals surface area contributed by atoms with E-state index in [4.69, 9.17) is 26.2 Å². The molecule has 0 heterocycles. The van der Waals surface area contributed by atoms with Crippen molar-refractivity contribution < 1.29 is 24.2 Å². The van der Waals surface area contributed by atoms with Crippen LogP contribution in [0.2, 0.25) is 5.02 Å². The number of carboxylic acid groups (broad SMARTS) is 1. The quantitative estimate of drug-likeness (QED) is 0.780. The molecule has 0 saturated heterocycles. The highest BCUT2D eigenvalue weighted by Crippen LogP contribution is 2.32. The Morgan fingerprint density at radius 2 is 1.85 bits per heavy atom. The fourth-order valence-corrected chi connectivity index (χ4v) is 1.64. The van der Waals surface area contributed by atoms with E-state index in [0.717, 1.165) is 12.2 Å². The topological polar surface area (TPSA) is 84.9 Å². The molecule has 0 fully saturated rings. The number of nitrogens with one attached hydrogen (secondary N) is 1. The van der Waals surface area contributed by atoms with Gasteiger partial charge in [-0.1, -0.05) is 11.6 Å². The van der Waals surface area contributed by atoms with E-state index in [9.17, 15) is 9.59 Å². The average Bonchev–Trinajstić information content (AvgIpc) is 2.43. The molecule has 0 bridgehead atoms. The average molecular weight is 300 g/mol. The van der Waals surface area contributed by atoms with Crippen molar-refractivity contribution in [2.45, 2.75) is 6.54 Å². The maximum Gasteiger partial charge on any atom is 0.328 e. The first-order chi connectivity index (χ1) is 9.47. The molecule has 1 amide bonds. The van der Waals surface area contributed by atoms with Crippen LogP contribution in [0.3, 0.4) is 0 Å². The summed E-state index contributed by atoms with van der Waals surface area (Å²) in [4.78, 5) is 21.6. The number of carbonyl (C=O) groups is 2. The number of benzene rings is 1. The summed E-state index contributed by atoms with van der Waals surface area (Å²) in [6, 6.07) is 3.22. The van der Waals surface area contributed by atoms with Gasteiger partial charge in [-0.25, -0.2) is 4.79 Å². The second-order valence-corrected chi connectivity index (χ2v) is 4.10.